The van der Waals surface area contributed by atoms with Crippen LogP contribution in [-0.4, -0.2) is 50.4 Å². The highest BCUT2D eigenvalue weighted by atomic mass is 32.2. The molecule has 1 N–H and O–H groups in total. The van der Waals surface area contributed by atoms with E-state index in [2.05, 4.69) is 20.6 Å². The van der Waals surface area contributed by atoms with Gasteiger partial charge in [0, 0.05) is 37.6 Å². The molecule has 0 bridgehead atoms. The lowest BCUT2D eigenvalue weighted by atomic mass is 10.1. The summed E-state index contributed by atoms with van der Waals surface area (Å²) in [5, 5.41) is 16.8. The summed E-state index contributed by atoms with van der Waals surface area (Å²) in [4.78, 5) is 12.4. The van der Waals surface area contributed by atoms with Crippen LogP contribution in [0.2, 0.25) is 0 Å². The summed E-state index contributed by atoms with van der Waals surface area (Å²) in [5.74, 6) is 2.15. The molecule has 0 spiro atoms. The van der Waals surface area contributed by atoms with Gasteiger partial charge < -0.3 is 19.4 Å². The monoisotopic (exact) mass is 464 g/mol. The first-order valence-corrected chi connectivity index (χ1v) is 11.1. The number of aromatic nitrogens is 5. The van der Waals surface area contributed by atoms with Gasteiger partial charge in [0.05, 0.1) is 25.5 Å². The lowest BCUT2D eigenvalue weighted by Gasteiger charge is -2.07. The van der Waals surface area contributed by atoms with Gasteiger partial charge in [-0.1, -0.05) is 30.0 Å². The molecule has 170 valence electrons. The van der Waals surface area contributed by atoms with Crippen LogP contribution in [0.15, 0.2) is 59.9 Å². The molecule has 1 amide bonds. The van der Waals surface area contributed by atoms with Gasteiger partial charge >= 0.3 is 0 Å². The van der Waals surface area contributed by atoms with Gasteiger partial charge in [0.15, 0.2) is 11.0 Å². The minimum atomic E-state index is -0.142. The average molecular weight is 465 g/mol. The zero-order valence-corrected chi connectivity index (χ0v) is 19.6. The van der Waals surface area contributed by atoms with Gasteiger partial charge in [0.25, 0.3) is 0 Å². The summed E-state index contributed by atoms with van der Waals surface area (Å²) in [7, 11) is 6.96. The van der Waals surface area contributed by atoms with Crippen molar-refractivity contribution in [3.8, 4) is 34.1 Å². The van der Waals surface area contributed by atoms with Crippen LogP contribution >= 0.6 is 11.8 Å². The number of hydrogen-bond donors (Lipinski definition) is 1. The van der Waals surface area contributed by atoms with Crippen molar-refractivity contribution in [3.63, 3.8) is 0 Å². The molecule has 0 fully saturated rings. The Balaban J connectivity index is 1.51. The summed E-state index contributed by atoms with van der Waals surface area (Å²) in [6.45, 7) is 0. The molecule has 0 aliphatic carbocycles. The molecule has 2 heterocycles. The zero-order valence-electron chi connectivity index (χ0n) is 18.8. The number of aryl methyl sites for hydroxylation is 1. The van der Waals surface area contributed by atoms with E-state index in [4.69, 9.17) is 9.47 Å². The fraction of sp³-hybridized carbons (Fsp3) is 0.217. The predicted octanol–water partition coefficient (Wildman–Crippen LogP) is 3.63. The number of methoxy groups -OCH3 is 2. The number of carbonyl (C=O) groups excluding carboxylic acids is 1. The number of hydrogen-bond acceptors (Lipinski definition) is 7. The van der Waals surface area contributed by atoms with Crippen LogP contribution in [0.5, 0.6) is 11.5 Å². The molecule has 0 radical (unpaired) electrons. The highest BCUT2D eigenvalue weighted by Crippen LogP contribution is 2.32. The van der Waals surface area contributed by atoms with Crippen molar-refractivity contribution in [3.05, 3.63) is 54.7 Å². The molecule has 33 heavy (non-hydrogen) atoms. The Kier molecular flexibility index (Phi) is 6.64. The second-order valence-corrected chi connectivity index (χ2v) is 8.17. The van der Waals surface area contributed by atoms with Crippen molar-refractivity contribution in [2.24, 2.45) is 14.1 Å². The third-order valence-electron chi connectivity index (χ3n) is 4.93. The fourth-order valence-corrected chi connectivity index (χ4v) is 4.05. The molecule has 0 atom stereocenters. The first-order chi connectivity index (χ1) is 16.0. The molecule has 4 aromatic rings. The summed E-state index contributed by atoms with van der Waals surface area (Å²) in [6.07, 6.45) is 1.91. The van der Waals surface area contributed by atoms with Crippen LogP contribution in [0.4, 0.5) is 5.69 Å². The molecular formula is C23H24N6O3S. The standard InChI is InChI=1S/C23H24N6O3S/c1-28-13-19(21(27-28)15-7-5-9-17(11-15)31-3)22-25-26-23(29(22)2)33-14-20(30)24-16-8-6-10-18(12-16)32-4/h5-13H,14H2,1-4H3,(H,24,30). The number of nitrogens with zero attached hydrogens (tertiary/aromatic N) is 5. The molecule has 2 aromatic carbocycles. The second kappa shape index (κ2) is 9.78. The van der Waals surface area contributed by atoms with Gasteiger partial charge in [-0.05, 0) is 24.3 Å². The van der Waals surface area contributed by atoms with E-state index in [1.165, 1.54) is 11.8 Å². The minimum Gasteiger partial charge on any atom is -0.497 e. The Bertz CT molecular complexity index is 1280. The highest BCUT2D eigenvalue weighted by molar-refractivity contribution is 7.99. The Labute approximate surface area is 195 Å². The van der Waals surface area contributed by atoms with E-state index in [-0.39, 0.29) is 11.7 Å². The quantitative estimate of drug-likeness (QED) is 0.398. The lowest BCUT2D eigenvalue weighted by molar-refractivity contribution is -0.113. The predicted molar refractivity (Wildman–Crippen MR) is 128 cm³/mol. The molecular weight excluding hydrogens is 440 g/mol. The summed E-state index contributed by atoms with van der Waals surface area (Å²) in [5.41, 5.74) is 3.21. The van der Waals surface area contributed by atoms with Gasteiger partial charge in [0.1, 0.15) is 17.2 Å². The molecule has 0 aliphatic heterocycles. The third-order valence-corrected chi connectivity index (χ3v) is 5.95. The third kappa shape index (κ3) is 5.01. The number of ether oxygens (including phenoxy) is 2. The average Bonchev–Trinajstić information content (AvgIpc) is 3.39. The second-order valence-electron chi connectivity index (χ2n) is 7.23. The summed E-state index contributed by atoms with van der Waals surface area (Å²) < 4.78 is 14.1. The normalized spacial score (nSPS) is 10.8. The van der Waals surface area contributed by atoms with E-state index >= 15 is 0 Å². The first kappa shape index (κ1) is 22.4. The Morgan fingerprint density at radius 3 is 2.52 bits per heavy atom. The number of amides is 1. The Morgan fingerprint density at radius 2 is 1.76 bits per heavy atom. The molecule has 0 saturated carbocycles. The van der Waals surface area contributed by atoms with Gasteiger partial charge in [0.2, 0.25) is 5.91 Å². The molecule has 9 nitrogen and oxygen atoms in total. The van der Waals surface area contributed by atoms with Gasteiger partial charge in [-0.2, -0.15) is 5.10 Å². The van der Waals surface area contributed by atoms with Crippen LogP contribution in [-0.2, 0) is 18.9 Å². The van der Waals surface area contributed by atoms with E-state index in [1.807, 2.05) is 67.3 Å². The van der Waals surface area contributed by atoms with Gasteiger partial charge in [-0.15, -0.1) is 10.2 Å². The van der Waals surface area contributed by atoms with Crippen molar-refractivity contribution in [2.45, 2.75) is 5.16 Å². The molecule has 2 aromatic heterocycles. The number of benzene rings is 2. The highest BCUT2D eigenvalue weighted by Gasteiger charge is 2.20. The number of thioether (sulfide) groups is 1. The van der Waals surface area contributed by atoms with Gasteiger partial charge in [-0.25, -0.2) is 0 Å². The maximum Gasteiger partial charge on any atom is 0.234 e. The summed E-state index contributed by atoms with van der Waals surface area (Å²) >= 11 is 1.31. The SMILES string of the molecule is COc1cccc(NC(=O)CSc2nnc(-c3cn(C)nc3-c3cccc(OC)c3)n2C)c1. The lowest BCUT2D eigenvalue weighted by Crippen LogP contribution is -2.14. The summed E-state index contributed by atoms with van der Waals surface area (Å²) in [6, 6.07) is 14.9. The molecule has 0 saturated heterocycles. The van der Waals surface area contributed by atoms with Gasteiger partial charge in [-0.3, -0.25) is 9.48 Å². The molecule has 0 aliphatic rings. The van der Waals surface area contributed by atoms with Crippen LogP contribution in [0.1, 0.15) is 0 Å². The fourth-order valence-electron chi connectivity index (χ4n) is 3.34. The largest absolute Gasteiger partial charge is 0.497 e. The Hall–Kier alpha value is -3.79. The van der Waals surface area contributed by atoms with Crippen molar-refractivity contribution in [1.29, 1.82) is 0 Å². The van der Waals surface area contributed by atoms with E-state index in [9.17, 15) is 4.79 Å². The van der Waals surface area contributed by atoms with Crippen molar-refractivity contribution in [1.82, 2.24) is 24.5 Å². The van der Waals surface area contributed by atoms with E-state index in [1.54, 1.807) is 25.0 Å². The van der Waals surface area contributed by atoms with E-state index in [0.717, 1.165) is 22.6 Å². The van der Waals surface area contributed by atoms with Crippen molar-refractivity contribution < 1.29 is 14.3 Å². The molecule has 0 unspecified atom stereocenters. The molecule has 10 heteroatoms. The number of carbonyl (C=O) groups is 1. The van der Waals surface area contributed by atoms with Crippen LogP contribution < -0.4 is 14.8 Å². The smallest absolute Gasteiger partial charge is 0.234 e. The maximum absolute atomic E-state index is 12.4. The zero-order chi connectivity index (χ0) is 23.4. The van der Waals surface area contributed by atoms with Crippen LogP contribution in [0.25, 0.3) is 22.6 Å². The van der Waals surface area contributed by atoms with Crippen molar-refractivity contribution in [2.75, 3.05) is 25.3 Å². The number of rotatable bonds is 8. The first-order valence-electron chi connectivity index (χ1n) is 10.1. The minimum absolute atomic E-state index is 0.142. The molecule has 4 rings (SSSR count). The maximum atomic E-state index is 12.4. The van der Waals surface area contributed by atoms with E-state index in [0.29, 0.717) is 22.4 Å². The van der Waals surface area contributed by atoms with Crippen LogP contribution in [0.3, 0.4) is 0 Å². The number of anilines is 1. The van der Waals surface area contributed by atoms with E-state index < -0.39 is 0 Å². The Morgan fingerprint density at radius 1 is 1.03 bits per heavy atom. The van der Waals surface area contributed by atoms with Crippen molar-refractivity contribution >= 4 is 23.4 Å². The number of nitrogens with one attached hydrogen (secondary N) is 1. The van der Waals surface area contributed by atoms with Crippen LogP contribution in [0, 0.1) is 0 Å². The topological polar surface area (TPSA) is 96.1 Å².